The Labute approximate surface area is 308 Å². The van der Waals surface area contributed by atoms with Crippen molar-refractivity contribution < 1.29 is 24.2 Å². The molecule has 4 aromatic rings. The molecule has 0 saturated heterocycles. The molecular formula is C42H41ClN4O5. The first-order chi connectivity index (χ1) is 25.1. The Morgan fingerprint density at radius 1 is 0.981 bits per heavy atom. The molecule has 3 aromatic carbocycles. The highest BCUT2D eigenvalue weighted by Crippen LogP contribution is 2.49. The second-order valence-electron chi connectivity index (χ2n) is 14.2. The second kappa shape index (κ2) is 14.6. The summed E-state index contributed by atoms with van der Waals surface area (Å²) in [6.07, 6.45) is 7.22. The number of rotatable bonds is 9. The molecule has 9 nitrogen and oxygen atoms in total. The van der Waals surface area contributed by atoms with E-state index in [2.05, 4.69) is 10.6 Å². The number of benzene rings is 3. The summed E-state index contributed by atoms with van der Waals surface area (Å²) >= 11 is 7.05. The molecule has 10 heteroatoms. The normalized spacial score (nSPS) is 18.1. The minimum atomic E-state index is -0.909. The molecule has 3 N–H and O–H groups in total. The number of halogens is 1. The van der Waals surface area contributed by atoms with Crippen molar-refractivity contribution in [1.29, 1.82) is 0 Å². The highest BCUT2D eigenvalue weighted by Gasteiger charge is 2.45. The first-order valence-corrected chi connectivity index (χ1v) is 17.9. The van der Waals surface area contributed by atoms with E-state index < -0.39 is 6.04 Å². The molecule has 0 radical (unpaired) electrons. The highest BCUT2D eigenvalue weighted by molar-refractivity contribution is 6.31. The summed E-state index contributed by atoms with van der Waals surface area (Å²) in [7, 11) is 0. The van der Waals surface area contributed by atoms with Crippen LogP contribution in [-0.2, 0) is 21.0 Å². The van der Waals surface area contributed by atoms with Gasteiger partial charge < -0.3 is 25.0 Å². The van der Waals surface area contributed by atoms with Gasteiger partial charge in [0.2, 0.25) is 11.8 Å². The number of aliphatic hydroxyl groups is 1. The van der Waals surface area contributed by atoms with Crippen LogP contribution >= 0.6 is 11.6 Å². The van der Waals surface area contributed by atoms with Crippen molar-refractivity contribution >= 4 is 34.9 Å². The van der Waals surface area contributed by atoms with E-state index in [0.29, 0.717) is 70.6 Å². The van der Waals surface area contributed by atoms with Crippen molar-refractivity contribution in [1.82, 2.24) is 14.8 Å². The van der Waals surface area contributed by atoms with Crippen LogP contribution in [0.5, 0.6) is 5.75 Å². The van der Waals surface area contributed by atoms with Crippen LogP contribution in [0.4, 0.5) is 5.69 Å². The first kappa shape index (κ1) is 34.9. The van der Waals surface area contributed by atoms with Crippen molar-refractivity contribution in [2.45, 2.75) is 65.0 Å². The summed E-state index contributed by atoms with van der Waals surface area (Å²) in [6, 6.07) is 25.5. The number of hydrogen-bond acceptors (Lipinski definition) is 6. The van der Waals surface area contributed by atoms with E-state index >= 15 is 0 Å². The standard InChI is InChI=1S/C42H41ClN4O5/c1-42(2)24-33-39(36(49)25-42)41(31-18-17-30(23-32(31)43)52-26-27-9-4-3-5-10-27)47(34-11-8-12-35(48)40(34)45-33)38(51)20-19-37(50)44-28-13-15-29(16-14-28)46-21-6-7-22-46/h3-7,9-11,13-18,21-23,41,45,48H,8,12,19-20,24-26H2,1-2H3,(H,44,50). The van der Waals surface area contributed by atoms with Gasteiger partial charge in [-0.3, -0.25) is 19.3 Å². The predicted molar refractivity (Wildman–Crippen MR) is 201 cm³/mol. The molecule has 3 aliphatic rings. The van der Waals surface area contributed by atoms with Gasteiger partial charge >= 0.3 is 0 Å². The van der Waals surface area contributed by atoms with Crippen molar-refractivity contribution in [3.63, 3.8) is 0 Å². The lowest BCUT2D eigenvalue weighted by atomic mass is 9.73. The average molecular weight is 717 g/mol. The fourth-order valence-electron chi connectivity index (χ4n) is 7.18. The van der Waals surface area contributed by atoms with Crippen molar-refractivity contribution in [2.75, 3.05) is 5.32 Å². The fourth-order valence-corrected chi connectivity index (χ4v) is 7.45. The third-order valence-corrected chi connectivity index (χ3v) is 9.98. The number of anilines is 1. The Hall–Kier alpha value is -5.54. The molecule has 0 bridgehead atoms. The van der Waals surface area contributed by atoms with Crippen molar-refractivity contribution in [3.8, 4) is 11.4 Å². The van der Waals surface area contributed by atoms with Gasteiger partial charge in [0.25, 0.3) is 0 Å². The number of ketones is 1. The monoisotopic (exact) mass is 716 g/mol. The number of Topliss-reactive ketones (excluding diaryl/α,β-unsaturated/α-hetero) is 1. The van der Waals surface area contributed by atoms with Gasteiger partial charge in [-0.2, -0.15) is 0 Å². The molecule has 1 aromatic heterocycles. The summed E-state index contributed by atoms with van der Waals surface area (Å²) < 4.78 is 8.02. The van der Waals surface area contributed by atoms with Gasteiger partial charge in [0.1, 0.15) is 23.8 Å². The van der Waals surface area contributed by atoms with Crippen LogP contribution in [0.15, 0.2) is 132 Å². The topological polar surface area (TPSA) is 113 Å². The van der Waals surface area contributed by atoms with Gasteiger partial charge in [0.05, 0.1) is 11.7 Å². The highest BCUT2D eigenvalue weighted by atomic mass is 35.5. The van der Waals surface area contributed by atoms with Gasteiger partial charge in [-0.25, -0.2) is 0 Å². The lowest BCUT2D eigenvalue weighted by Gasteiger charge is -2.37. The molecule has 1 atom stereocenters. The second-order valence-corrected chi connectivity index (χ2v) is 14.6. The van der Waals surface area contributed by atoms with Crippen molar-refractivity contribution in [2.24, 2.45) is 5.41 Å². The van der Waals surface area contributed by atoms with E-state index in [1.165, 1.54) is 0 Å². The quantitative estimate of drug-likeness (QED) is 0.160. The number of hydrogen-bond donors (Lipinski definition) is 3. The lowest BCUT2D eigenvalue weighted by Crippen LogP contribution is -2.39. The molecule has 0 saturated carbocycles. The number of ether oxygens (including phenoxy) is 1. The van der Waals surface area contributed by atoms with E-state index in [-0.39, 0.29) is 48.0 Å². The lowest BCUT2D eigenvalue weighted by molar-refractivity contribution is -0.132. The van der Waals surface area contributed by atoms with Crippen LogP contribution in [-0.4, -0.2) is 32.2 Å². The predicted octanol–water partition coefficient (Wildman–Crippen LogP) is 8.69. The Kier molecular flexibility index (Phi) is 9.79. The number of fused-ring (bicyclic) bond motifs is 1. The average Bonchev–Trinajstić information content (AvgIpc) is 3.61. The van der Waals surface area contributed by atoms with Crippen LogP contribution in [0.1, 0.15) is 69.5 Å². The fraction of sp³-hybridized carbons (Fsp3) is 0.262. The third kappa shape index (κ3) is 7.41. The number of aliphatic hydroxyl groups excluding tert-OH is 1. The largest absolute Gasteiger partial charge is 0.510 e. The van der Waals surface area contributed by atoms with Gasteiger partial charge in [0, 0.05) is 65.7 Å². The van der Waals surface area contributed by atoms with Crippen LogP contribution in [0.25, 0.3) is 5.69 Å². The molecule has 0 spiro atoms. The van der Waals surface area contributed by atoms with Crippen LogP contribution < -0.4 is 15.4 Å². The third-order valence-electron chi connectivity index (χ3n) is 9.65. The summed E-state index contributed by atoms with van der Waals surface area (Å²) in [5.74, 6) is -0.162. The van der Waals surface area contributed by atoms with Crippen LogP contribution in [0, 0.1) is 5.41 Å². The van der Waals surface area contributed by atoms with E-state index in [1.54, 1.807) is 23.1 Å². The molecule has 2 aliphatic carbocycles. The van der Waals surface area contributed by atoms with Gasteiger partial charge in [-0.05, 0) is 77.9 Å². The number of carbonyl (C=O) groups is 3. The zero-order valence-corrected chi connectivity index (χ0v) is 30.0. The summed E-state index contributed by atoms with van der Waals surface area (Å²) in [6.45, 7) is 4.41. The number of amides is 2. The number of carbonyl (C=O) groups excluding carboxylic acids is 3. The van der Waals surface area contributed by atoms with Crippen molar-refractivity contribution in [3.05, 3.63) is 148 Å². The van der Waals surface area contributed by atoms with E-state index in [1.807, 2.05) is 104 Å². The summed E-state index contributed by atoms with van der Waals surface area (Å²) in [5, 5.41) is 17.8. The molecule has 266 valence electrons. The Morgan fingerprint density at radius 3 is 2.46 bits per heavy atom. The zero-order chi connectivity index (χ0) is 36.4. The van der Waals surface area contributed by atoms with Crippen LogP contribution in [0.3, 0.4) is 0 Å². The minimum absolute atomic E-state index is 0.0972. The number of aromatic nitrogens is 1. The molecule has 52 heavy (non-hydrogen) atoms. The van der Waals surface area contributed by atoms with E-state index in [9.17, 15) is 19.5 Å². The molecular weight excluding hydrogens is 676 g/mol. The maximum Gasteiger partial charge on any atom is 0.228 e. The Balaban J connectivity index is 1.20. The van der Waals surface area contributed by atoms with Gasteiger partial charge in [-0.1, -0.05) is 67.9 Å². The molecule has 7 rings (SSSR count). The molecule has 0 fully saturated rings. The van der Waals surface area contributed by atoms with Gasteiger partial charge in [-0.15, -0.1) is 0 Å². The zero-order valence-electron chi connectivity index (χ0n) is 29.2. The number of nitrogens with one attached hydrogen (secondary N) is 2. The minimum Gasteiger partial charge on any atom is -0.510 e. The molecule has 1 aliphatic heterocycles. The summed E-state index contributed by atoms with van der Waals surface area (Å²) in [5.41, 5.74) is 4.69. The van der Waals surface area contributed by atoms with E-state index in [0.717, 1.165) is 11.3 Å². The maximum absolute atomic E-state index is 14.5. The molecule has 2 amide bonds. The molecule has 2 heterocycles. The number of allylic oxidation sites excluding steroid dienone is 3. The smallest absolute Gasteiger partial charge is 0.228 e. The van der Waals surface area contributed by atoms with Gasteiger partial charge in [0.15, 0.2) is 5.78 Å². The SMILES string of the molecule is CC1(C)CC(=O)C2=C(C1)NC1=C(O)CCC=C1N(C(=O)CCC(=O)Nc1ccc(-n3cccc3)cc1)C2c1ccc(OCc2ccccc2)cc1Cl. The molecule has 1 unspecified atom stereocenters. The number of nitrogens with zero attached hydrogens (tertiary/aromatic N) is 2. The maximum atomic E-state index is 14.5. The Bertz CT molecular complexity index is 2100. The Morgan fingerprint density at radius 2 is 1.73 bits per heavy atom. The first-order valence-electron chi connectivity index (χ1n) is 17.5. The summed E-state index contributed by atoms with van der Waals surface area (Å²) in [4.78, 5) is 43.5. The van der Waals surface area contributed by atoms with E-state index in [4.69, 9.17) is 16.3 Å². The van der Waals surface area contributed by atoms with Crippen LogP contribution in [0.2, 0.25) is 5.02 Å².